The summed E-state index contributed by atoms with van der Waals surface area (Å²) in [7, 11) is 3.62. The average molecular weight is 336 g/mol. The lowest BCUT2D eigenvalue weighted by molar-refractivity contribution is -0.0893. The van der Waals surface area contributed by atoms with Gasteiger partial charge in [0.25, 0.3) is 0 Å². The standard InChI is InChI=1S/C19H23BN3O2/c1-18(2,24)19(3,4)25-20-13-10-11-15(21-12-13)17-22-14-8-6-7-9-16(14)23(17)5/h6-12,24H,1-5H3. The molecule has 1 aromatic carbocycles. The molecule has 0 atom stereocenters. The number of imidazole rings is 1. The number of aliphatic hydroxyl groups is 1. The summed E-state index contributed by atoms with van der Waals surface area (Å²) < 4.78 is 7.80. The van der Waals surface area contributed by atoms with Crippen LogP contribution in [0.25, 0.3) is 22.6 Å². The highest BCUT2D eigenvalue weighted by atomic mass is 16.5. The lowest BCUT2D eigenvalue weighted by Gasteiger charge is -2.37. The lowest BCUT2D eigenvalue weighted by Crippen LogP contribution is -2.49. The zero-order valence-electron chi connectivity index (χ0n) is 15.3. The predicted molar refractivity (Wildman–Crippen MR) is 101 cm³/mol. The third-order valence-electron chi connectivity index (χ3n) is 4.77. The molecule has 0 saturated carbocycles. The van der Waals surface area contributed by atoms with E-state index in [1.807, 2.05) is 61.9 Å². The third-order valence-corrected chi connectivity index (χ3v) is 4.77. The Morgan fingerprint density at radius 1 is 1.08 bits per heavy atom. The summed E-state index contributed by atoms with van der Waals surface area (Å²) >= 11 is 0. The van der Waals surface area contributed by atoms with E-state index >= 15 is 0 Å². The summed E-state index contributed by atoms with van der Waals surface area (Å²) in [6.07, 6.45) is 1.75. The van der Waals surface area contributed by atoms with Gasteiger partial charge in [0.2, 0.25) is 0 Å². The molecule has 1 N–H and O–H groups in total. The monoisotopic (exact) mass is 336 g/mol. The quantitative estimate of drug-likeness (QED) is 0.727. The first kappa shape index (κ1) is 17.6. The van der Waals surface area contributed by atoms with E-state index in [1.165, 1.54) is 0 Å². The van der Waals surface area contributed by atoms with E-state index in [4.69, 9.17) is 4.65 Å². The second-order valence-corrected chi connectivity index (χ2v) is 7.26. The van der Waals surface area contributed by atoms with Crippen LogP contribution in [0.5, 0.6) is 0 Å². The Hall–Kier alpha value is -2.18. The predicted octanol–water partition coefficient (Wildman–Crippen LogP) is 2.45. The van der Waals surface area contributed by atoms with E-state index in [0.717, 1.165) is 28.0 Å². The Morgan fingerprint density at radius 3 is 2.40 bits per heavy atom. The zero-order chi connectivity index (χ0) is 18.2. The Bertz CT molecular complexity index is 880. The molecule has 0 aliphatic heterocycles. The minimum absolute atomic E-state index is 0.705. The first-order valence-corrected chi connectivity index (χ1v) is 8.30. The highest BCUT2D eigenvalue weighted by Crippen LogP contribution is 2.24. The molecule has 0 bridgehead atoms. The number of hydrogen-bond donors (Lipinski definition) is 1. The summed E-state index contributed by atoms with van der Waals surface area (Å²) in [6, 6.07) is 11.9. The molecule has 6 heteroatoms. The van der Waals surface area contributed by atoms with Gasteiger partial charge in [-0.15, -0.1) is 0 Å². The number of hydrogen-bond acceptors (Lipinski definition) is 4. The Morgan fingerprint density at radius 2 is 1.80 bits per heavy atom. The molecule has 0 saturated heterocycles. The van der Waals surface area contributed by atoms with Crippen LogP contribution in [0.1, 0.15) is 27.7 Å². The van der Waals surface area contributed by atoms with Crippen LogP contribution in [-0.2, 0) is 11.7 Å². The van der Waals surface area contributed by atoms with Gasteiger partial charge in [-0.05, 0) is 51.4 Å². The van der Waals surface area contributed by atoms with E-state index in [1.54, 1.807) is 27.5 Å². The summed E-state index contributed by atoms with van der Waals surface area (Å²) in [4.78, 5) is 9.17. The van der Waals surface area contributed by atoms with E-state index < -0.39 is 11.2 Å². The van der Waals surface area contributed by atoms with Crippen molar-refractivity contribution in [1.29, 1.82) is 0 Å². The molecule has 0 amide bonds. The summed E-state index contributed by atoms with van der Waals surface area (Å²) in [5.74, 6) is 0.825. The molecule has 0 fully saturated rings. The highest BCUT2D eigenvalue weighted by molar-refractivity contribution is 6.46. The number of aryl methyl sites for hydroxylation is 1. The largest absolute Gasteiger partial charge is 0.427 e. The van der Waals surface area contributed by atoms with Crippen molar-refractivity contribution < 1.29 is 9.76 Å². The van der Waals surface area contributed by atoms with Crippen molar-refractivity contribution in [2.45, 2.75) is 38.9 Å². The zero-order valence-corrected chi connectivity index (χ0v) is 15.3. The van der Waals surface area contributed by atoms with Crippen LogP contribution >= 0.6 is 0 Å². The fourth-order valence-corrected chi connectivity index (χ4v) is 2.34. The molecule has 2 aromatic heterocycles. The number of benzene rings is 1. The molecule has 2 heterocycles. The van der Waals surface area contributed by atoms with Gasteiger partial charge in [0.15, 0.2) is 5.82 Å². The van der Waals surface area contributed by atoms with Crippen LogP contribution in [0.4, 0.5) is 0 Å². The first-order chi connectivity index (χ1) is 11.7. The molecular formula is C19H23BN3O2. The van der Waals surface area contributed by atoms with Gasteiger partial charge >= 0.3 is 7.48 Å². The summed E-state index contributed by atoms with van der Waals surface area (Å²) in [5, 5.41) is 10.1. The topological polar surface area (TPSA) is 60.2 Å². The maximum atomic E-state index is 10.1. The van der Waals surface area contributed by atoms with Crippen molar-refractivity contribution in [1.82, 2.24) is 14.5 Å². The number of nitrogens with zero attached hydrogens (tertiary/aromatic N) is 3. The fourth-order valence-electron chi connectivity index (χ4n) is 2.34. The molecule has 0 spiro atoms. The van der Waals surface area contributed by atoms with Gasteiger partial charge in [0, 0.05) is 13.2 Å². The van der Waals surface area contributed by atoms with Crippen LogP contribution in [0.15, 0.2) is 42.6 Å². The number of para-hydroxylation sites is 2. The number of pyridine rings is 1. The molecular weight excluding hydrogens is 313 g/mol. The van der Waals surface area contributed by atoms with Crippen LogP contribution in [0.3, 0.4) is 0 Å². The molecule has 3 aromatic rings. The van der Waals surface area contributed by atoms with Gasteiger partial charge in [-0.25, -0.2) is 4.98 Å². The number of aromatic nitrogens is 3. The molecule has 129 valence electrons. The van der Waals surface area contributed by atoms with Gasteiger partial charge in [0.1, 0.15) is 5.69 Å². The molecule has 3 rings (SSSR count). The van der Waals surface area contributed by atoms with Crippen molar-refractivity contribution in [3.8, 4) is 11.5 Å². The van der Waals surface area contributed by atoms with Gasteiger partial charge in [0.05, 0.1) is 22.2 Å². The Labute approximate surface area is 149 Å². The van der Waals surface area contributed by atoms with E-state index in [-0.39, 0.29) is 0 Å². The minimum Gasteiger partial charge on any atom is -0.427 e. The molecule has 1 radical (unpaired) electrons. The Kier molecular flexibility index (Phi) is 4.43. The summed E-state index contributed by atoms with van der Waals surface area (Å²) in [6.45, 7) is 7.16. The number of fused-ring (bicyclic) bond motifs is 1. The van der Waals surface area contributed by atoms with Gasteiger partial charge < -0.3 is 14.3 Å². The van der Waals surface area contributed by atoms with Crippen molar-refractivity contribution in [3.63, 3.8) is 0 Å². The number of rotatable bonds is 5. The van der Waals surface area contributed by atoms with Crippen molar-refractivity contribution in [2.24, 2.45) is 7.05 Å². The van der Waals surface area contributed by atoms with Crippen LogP contribution in [0.2, 0.25) is 0 Å². The SMILES string of the molecule is Cn1c(-c2ccc([B]OC(C)(C)C(C)(C)O)cn2)nc2ccccc21. The average Bonchev–Trinajstić information content (AvgIpc) is 2.90. The molecule has 0 aliphatic carbocycles. The first-order valence-electron chi connectivity index (χ1n) is 8.30. The van der Waals surface area contributed by atoms with Crippen molar-refractivity contribution in [3.05, 3.63) is 42.6 Å². The minimum atomic E-state index is -0.954. The van der Waals surface area contributed by atoms with Gasteiger partial charge in [-0.1, -0.05) is 18.2 Å². The second-order valence-electron chi connectivity index (χ2n) is 7.26. The molecule has 25 heavy (non-hydrogen) atoms. The smallest absolute Gasteiger partial charge is 0.332 e. The summed E-state index contributed by atoms with van der Waals surface area (Å²) in [5.41, 5.74) is 2.00. The molecule has 0 unspecified atom stereocenters. The van der Waals surface area contributed by atoms with Crippen LogP contribution in [0, 0.1) is 0 Å². The van der Waals surface area contributed by atoms with Crippen molar-refractivity contribution in [2.75, 3.05) is 0 Å². The van der Waals surface area contributed by atoms with Crippen LogP contribution in [-0.4, -0.2) is 38.3 Å². The normalized spacial score (nSPS) is 12.6. The van der Waals surface area contributed by atoms with Crippen LogP contribution < -0.4 is 5.46 Å². The van der Waals surface area contributed by atoms with E-state index in [0.29, 0.717) is 0 Å². The van der Waals surface area contributed by atoms with Gasteiger partial charge in [-0.3, -0.25) is 4.98 Å². The van der Waals surface area contributed by atoms with E-state index in [9.17, 15) is 5.11 Å². The van der Waals surface area contributed by atoms with Crippen molar-refractivity contribution >= 4 is 24.0 Å². The maximum Gasteiger partial charge on any atom is 0.332 e. The fraction of sp³-hybridized carbons (Fsp3) is 0.368. The Balaban J connectivity index is 1.79. The highest BCUT2D eigenvalue weighted by Gasteiger charge is 2.35. The third kappa shape index (κ3) is 3.46. The maximum absolute atomic E-state index is 10.1. The second kappa shape index (κ2) is 6.28. The van der Waals surface area contributed by atoms with Gasteiger partial charge in [-0.2, -0.15) is 0 Å². The van der Waals surface area contributed by atoms with E-state index in [2.05, 4.69) is 9.97 Å². The molecule has 0 aliphatic rings. The molecule has 5 nitrogen and oxygen atoms in total. The lowest BCUT2D eigenvalue weighted by atomic mass is 9.83.